The number of rotatable bonds is 3. The molecule has 0 saturated carbocycles. The summed E-state index contributed by atoms with van der Waals surface area (Å²) in [5, 5.41) is 8.47. The average Bonchev–Trinajstić information content (AvgIpc) is 1.87. The molecule has 0 bridgehead atoms. The third-order valence-corrected chi connectivity index (χ3v) is 1.11. The van der Waals surface area contributed by atoms with E-state index in [1.54, 1.807) is 19.1 Å². The molecule has 0 heterocycles. The van der Waals surface area contributed by atoms with Crippen molar-refractivity contribution in [3.63, 3.8) is 0 Å². The fourth-order valence-corrected chi connectivity index (χ4v) is 0.671. The molecule has 0 radical (unpaired) electrons. The van der Waals surface area contributed by atoms with Crippen molar-refractivity contribution in [2.24, 2.45) is 5.92 Å². The summed E-state index contributed by atoms with van der Waals surface area (Å²) in [7, 11) is 0. The van der Waals surface area contributed by atoms with E-state index in [-0.39, 0.29) is 0 Å². The van der Waals surface area contributed by atoms with Gasteiger partial charge in [0.2, 0.25) is 0 Å². The number of halogens is 1. The summed E-state index contributed by atoms with van der Waals surface area (Å²) in [5.74, 6) is -1.49. The van der Waals surface area contributed by atoms with Crippen LogP contribution in [0.4, 0.5) is 0 Å². The van der Waals surface area contributed by atoms with Crippen molar-refractivity contribution in [1.82, 2.24) is 0 Å². The van der Waals surface area contributed by atoms with Crippen molar-refractivity contribution in [3.8, 4) is 0 Å². The molecule has 10 heavy (non-hydrogen) atoms. The number of carboxylic acids is 1. The predicted molar refractivity (Wildman–Crippen MR) is 40.9 cm³/mol. The topological polar surface area (TPSA) is 37.3 Å². The highest BCUT2D eigenvalue weighted by Crippen LogP contribution is 2.01. The van der Waals surface area contributed by atoms with Crippen LogP contribution in [-0.2, 0) is 4.79 Å². The quantitative estimate of drug-likeness (QED) is 0.642. The lowest BCUT2D eigenvalue weighted by Gasteiger charge is -1.96. The maximum Gasteiger partial charge on any atom is 0.314 e. The van der Waals surface area contributed by atoms with E-state index >= 15 is 0 Å². The van der Waals surface area contributed by atoms with Crippen LogP contribution >= 0.6 is 11.6 Å². The molecule has 0 spiro atoms. The first-order valence-electron chi connectivity index (χ1n) is 2.85. The van der Waals surface area contributed by atoms with Gasteiger partial charge in [0.25, 0.3) is 0 Å². The van der Waals surface area contributed by atoms with Gasteiger partial charge in [-0.05, 0) is 6.92 Å². The Morgan fingerprint density at radius 3 is 2.50 bits per heavy atom. The van der Waals surface area contributed by atoms with Gasteiger partial charge < -0.3 is 5.11 Å². The molecule has 2 nitrogen and oxygen atoms in total. The fourth-order valence-electron chi connectivity index (χ4n) is 0.514. The van der Waals surface area contributed by atoms with Crippen LogP contribution in [0.15, 0.2) is 23.8 Å². The molecular weight excluding hydrogens is 152 g/mol. The van der Waals surface area contributed by atoms with Gasteiger partial charge in [-0.3, -0.25) is 4.79 Å². The minimum Gasteiger partial charge on any atom is -0.481 e. The first-order chi connectivity index (χ1) is 4.72. The second kappa shape index (κ2) is 5.06. The summed E-state index contributed by atoms with van der Waals surface area (Å²) in [6, 6.07) is 0. The molecule has 0 aromatic rings. The number of allylic oxidation sites excluding steroid dienone is 1. The molecule has 56 valence electrons. The van der Waals surface area contributed by atoms with Crippen LogP contribution in [0.25, 0.3) is 0 Å². The monoisotopic (exact) mass is 160 g/mol. The summed E-state index contributed by atoms with van der Waals surface area (Å²) >= 11 is 5.20. The van der Waals surface area contributed by atoms with E-state index in [1.807, 2.05) is 0 Å². The average molecular weight is 161 g/mol. The molecule has 1 N–H and O–H groups in total. The second-order valence-electron chi connectivity index (χ2n) is 1.71. The highest BCUT2D eigenvalue weighted by atomic mass is 35.5. The van der Waals surface area contributed by atoms with E-state index in [1.165, 1.54) is 11.6 Å². The van der Waals surface area contributed by atoms with Gasteiger partial charge in [-0.25, -0.2) is 0 Å². The minimum atomic E-state index is -0.894. The van der Waals surface area contributed by atoms with Crippen molar-refractivity contribution >= 4 is 17.6 Å². The number of hydrogen-bond donors (Lipinski definition) is 1. The van der Waals surface area contributed by atoms with Crippen molar-refractivity contribution in [3.05, 3.63) is 23.8 Å². The van der Waals surface area contributed by atoms with E-state index in [0.717, 1.165) is 0 Å². The molecule has 3 heteroatoms. The van der Waals surface area contributed by atoms with Crippen LogP contribution in [0.5, 0.6) is 0 Å². The summed E-state index contributed by atoms with van der Waals surface area (Å²) in [6.07, 6.45) is 4.64. The first-order valence-corrected chi connectivity index (χ1v) is 3.28. The minimum absolute atomic E-state index is 0.595. The maximum atomic E-state index is 10.3. The van der Waals surface area contributed by atoms with Gasteiger partial charge in [-0.15, -0.1) is 0 Å². The Labute approximate surface area is 64.8 Å². The highest BCUT2D eigenvalue weighted by Gasteiger charge is 2.07. The van der Waals surface area contributed by atoms with Crippen molar-refractivity contribution < 1.29 is 9.90 Å². The van der Waals surface area contributed by atoms with E-state index < -0.39 is 11.9 Å². The van der Waals surface area contributed by atoms with Crippen molar-refractivity contribution in [1.29, 1.82) is 0 Å². The van der Waals surface area contributed by atoms with Crippen LogP contribution < -0.4 is 0 Å². The third-order valence-electron chi connectivity index (χ3n) is 0.965. The van der Waals surface area contributed by atoms with Crippen LogP contribution in [0.3, 0.4) is 0 Å². The molecule has 0 aliphatic carbocycles. The van der Waals surface area contributed by atoms with Crippen LogP contribution in [-0.4, -0.2) is 11.1 Å². The number of aliphatic carboxylic acids is 1. The number of carbonyl (C=O) groups is 1. The van der Waals surface area contributed by atoms with Crippen molar-refractivity contribution in [2.75, 3.05) is 0 Å². The SMILES string of the molecule is CC=CC(C=CCl)C(=O)O. The Bertz CT molecular complexity index is 149. The Morgan fingerprint density at radius 1 is 1.60 bits per heavy atom. The lowest BCUT2D eigenvalue weighted by atomic mass is 10.1. The molecule has 0 aromatic heterocycles. The predicted octanol–water partition coefficient (Wildman–Crippen LogP) is 2.02. The van der Waals surface area contributed by atoms with Crippen LogP contribution in [0.2, 0.25) is 0 Å². The number of hydrogen-bond acceptors (Lipinski definition) is 1. The molecule has 0 saturated heterocycles. The lowest BCUT2D eigenvalue weighted by molar-refractivity contribution is -0.138. The second-order valence-corrected chi connectivity index (χ2v) is 1.96. The van der Waals surface area contributed by atoms with Gasteiger partial charge in [-0.2, -0.15) is 0 Å². The Hall–Kier alpha value is -0.760. The lowest BCUT2D eigenvalue weighted by Crippen LogP contribution is -2.06. The molecule has 0 fully saturated rings. The Kier molecular flexibility index (Phi) is 4.67. The van der Waals surface area contributed by atoms with E-state index in [9.17, 15) is 4.79 Å². The van der Waals surface area contributed by atoms with Gasteiger partial charge in [0, 0.05) is 5.54 Å². The summed E-state index contributed by atoms with van der Waals surface area (Å²) in [5.41, 5.74) is 1.21. The Balaban J connectivity index is 4.11. The normalized spacial score (nSPS) is 14.6. The zero-order chi connectivity index (χ0) is 7.98. The molecular formula is C7H9ClO2. The van der Waals surface area contributed by atoms with E-state index in [0.29, 0.717) is 0 Å². The molecule has 1 atom stereocenters. The summed E-state index contributed by atoms with van der Waals surface area (Å²) < 4.78 is 0. The largest absolute Gasteiger partial charge is 0.481 e. The molecule has 0 aliphatic heterocycles. The molecule has 0 rings (SSSR count). The van der Waals surface area contributed by atoms with Gasteiger partial charge in [0.15, 0.2) is 0 Å². The molecule has 0 aliphatic rings. The van der Waals surface area contributed by atoms with Gasteiger partial charge in [0.05, 0.1) is 5.92 Å². The zero-order valence-corrected chi connectivity index (χ0v) is 6.38. The smallest absolute Gasteiger partial charge is 0.314 e. The van der Waals surface area contributed by atoms with Crippen LogP contribution in [0.1, 0.15) is 6.92 Å². The fraction of sp³-hybridized carbons (Fsp3) is 0.286. The van der Waals surface area contributed by atoms with Crippen LogP contribution in [0, 0.1) is 5.92 Å². The van der Waals surface area contributed by atoms with Gasteiger partial charge in [-0.1, -0.05) is 29.8 Å². The van der Waals surface area contributed by atoms with E-state index in [2.05, 4.69) is 0 Å². The Morgan fingerprint density at radius 2 is 2.20 bits per heavy atom. The number of carboxylic acid groups (broad SMARTS) is 1. The molecule has 0 aromatic carbocycles. The first kappa shape index (κ1) is 9.24. The maximum absolute atomic E-state index is 10.3. The third kappa shape index (κ3) is 3.30. The van der Waals surface area contributed by atoms with Crippen molar-refractivity contribution in [2.45, 2.75) is 6.92 Å². The molecule has 0 amide bonds. The molecule has 1 unspecified atom stereocenters. The summed E-state index contributed by atoms with van der Waals surface area (Å²) in [4.78, 5) is 10.3. The zero-order valence-electron chi connectivity index (χ0n) is 5.62. The summed E-state index contributed by atoms with van der Waals surface area (Å²) in [6.45, 7) is 1.76. The van der Waals surface area contributed by atoms with Gasteiger partial charge >= 0.3 is 5.97 Å². The van der Waals surface area contributed by atoms with E-state index in [4.69, 9.17) is 16.7 Å². The standard InChI is InChI=1S/C7H9ClO2/c1-2-3-6(4-5-8)7(9)10/h2-6H,1H3,(H,9,10). The highest BCUT2D eigenvalue weighted by molar-refractivity contribution is 6.25. The van der Waals surface area contributed by atoms with Gasteiger partial charge in [0.1, 0.15) is 0 Å².